The van der Waals surface area contributed by atoms with Gasteiger partial charge in [0.05, 0.1) is 25.7 Å². The van der Waals surface area contributed by atoms with E-state index in [1.54, 1.807) is 14.2 Å². The highest BCUT2D eigenvalue weighted by Gasteiger charge is 2.18. The summed E-state index contributed by atoms with van der Waals surface area (Å²) in [5, 5.41) is 2.57. The van der Waals surface area contributed by atoms with Gasteiger partial charge < -0.3 is 18.6 Å². The highest BCUT2D eigenvalue weighted by atomic mass is 35.7. The van der Waals surface area contributed by atoms with E-state index < -0.39 is 10.2 Å². The van der Waals surface area contributed by atoms with Gasteiger partial charge in [-0.3, -0.25) is 0 Å². The van der Waals surface area contributed by atoms with Crippen LogP contribution in [-0.2, 0) is 4.74 Å². The van der Waals surface area contributed by atoms with Crippen LogP contribution in [0.4, 0.5) is 0 Å². The second-order valence-corrected chi connectivity index (χ2v) is 8.32. The summed E-state index contributed by atoms with van der Waals surface area (Å²) >= 11 is 6.22. The third-order valence-corrected chi connectivity index (χ3v) is 5.17. The topological polar surface area (TPSA) is 147 Å². The Labute approximate surface area is 197 Å². The molecule has 2 heterocycles. The van der Waals surface area contributed by atoms with Gasteiger partial charge in [-0.1, -0.05) is 11.6 Å². The molecule has 2 aromatic carbocycles. The van der Waals surface area contributed by atoms with Gasteiger partial charge >= 0.3 is 0 Å². The van der Waals surface area contributed by atoms with Crippen molar-refractivity contribution in [1.29, 1.82) is 0 Å². The van der Waals surface area contributed by atoms with Crippen LogP contribution in [0.5, 0.6) is 11.5 Å². The largest absolute Gasteiger partial charge is 0.493 e. The minimum Gasteiger partial charge on any atom is -0.493 e. The van der Waals surface area contributed by atoms with Crippen molar-refractivity contribution in [2.24, 2.45) is 0 Å². The lowest BCUT2D eigenvalue weighted by Crippen LogP contribution is -2.79. The second-order valence-electron chi connectivity index (χ2n) is 7.13. The standard InChI is InChI=1S/C22H22ClNO4.ClHO4/c1-25-20-7-5-14(10-22(20)26-2)21-12-18(24-13-16-4-3-9-27-16)17-11-15(23)6-8-19(17)28-21;2-1(3,4)5/h5-8,10-12,16H,3-4,9,13H2,1-2H3;(H,2,3,4,5). The van der Waals surface area contributed by atoms with Crippen molar-refractivity contribution in [2.75, 3.05) is 27.4 Å². The van der Waals surface area contributed by atoms with Crippen molar-refractivity contribution in [3.05, 3.63) is 52.8 Å². The molecule has 1 aromatic heterocycles. The van der Waals surface area contributed by atoms with Crippen molar-refractivity contribution < 1.29 is 52.5 Å². The van der Waals surface area contributed by atoms with E-state index in [1.807, 2.05) is 42.5 Å². The van der Waals surface area contributed by atoms with E-state index in [0.29, 0.717) is 16.5 Å². The molecular formula is C22H23Cl2NO8. The van der Waals surface area contributed by atoms with Crippen LogP contribution in [0.3, 0.4) is 0 Å². The molecule has 1 aliphatic rings. The van der Waals surface area contributed by atoms with Crippen LogP contribution in [0.15, 0.2) is 46.9 Å². The van der Waals surface area contributed by atoms with Crippen molar-refractivity contribution in [3.8, 4) is 22.8 Å². The summed E-state index contributed by atoms with van der Waals surface area (Å²) in [6.07, 6.45) is 2.42. The molecule has 1 aliphatic heterocycles. The highest BCUT2D eigenvalue weighted by molar-refractivity contribution is 6.31. The molecule has 1 fully saturated rings. The van der Waals surface area contributed by atoms with Crippen molar-refractivity contribution in [2.45, 2.75) is 18.9 Å². The first-order valence-electron chi connectivity index (χ1n) is 9.94. The van der Waals surface area contributed by atoms with Crippen LogP contribution in [-0.4, -0.2) is 33.5 Å². The molecule has 1 saturated heterocycles. The van der Waals surface area contributed by atoms with E-state index in [9.17, 15) is 0 Å². The number of benzene rings is 2. The lowest BCUT2D eigenvalue weighted by molar-refractivity contribution is -2.00. The Bertz CT molecular complexity index is 1150. The van der Waals surface area contributed by atoms with Gasteiger partial charge in [-0.15, -0.1) is 10.2 Å². The molecule has 1 unspecified atom stereocenters. The monoisotopic (exact) mass is 499 g/mol. The summed E-state index contributed by atoms with van der Waals surface area (Å²) in [5.74, 6) is 2.06. The lowest BCUT2D eigenvalue weighted by atomic mass is 10.1. The molecule has 9 nitrogen and oxygen atoms in total. The molecule has 1 N–H and O–H groups in total. The van der Waals surface area contributed by atoms with Gasteiger partial charge in [-0.05, 0) is 49.2 Å². The number of rotatable bonds is 5. The van der Waals surface area contributed by atoms with Crippen molar-refractivity contribution >= 4 is 22.6 Å². The maximum Gasteiger partial charge on any atom is 0.213 e. The molecule has 0 amide bonds. The Morgan fingerprint density at radius 2 is 1.76 bits per heavy atom. The van der Waals surface area contributed by atoms with E-state index in [2.05, 4.69) is 4.99 Å². The molecule has 0 saturated carbocycles. The first-order valence-corrected chi connectivity index (χ1v) is 11.5. The molecule has 33 heavy (non-hydrogen) atoms. The molecule has 0 bridgehead atoms. The number of methoxy groups -OCH3 is 2. The zero-order valence-corrected chi connectivity index (χ0v) is 19.5. The average molecular weight is 500 g/mol. The summed E-state index contributed by atoms with van der Waals surface area (Å²) in [6, 6.07) is 13.4. The molecule has 0 spiro atoms. The Hall–Kier alpha value is -2.37. The van der Waals surface area contributed by atoms with Gasteiger partial charge in [-0.2, -0.15) is 0 Å². The second kappa shape index (κ2) is 11.2. The fourth-order valence-electron chi connectivity index (χ4n) is 3.47. The number of fused-ring (bicyclic) bond motifs is 1. The molecule has 3 aromatic rings. The van der Waals surface area contributed by atoms with Gasteiger partial charge in [0.2, 0.25) is 5.36 Å². The first-order chi connectivity index (χ1) is 15.7. The predicted octanol–water partition coefficient (Wildman–Crippen LogP) is -1.83. The number of hydrogen-bond donors (Lipinski definition) is 1. The highest BCUT2D eigenvalue weighted by Crippen LogP contribution is 2.32. The molecule has 11 heteroatoms. The van der Waals surface area contributed by atoms with Crippen LogP contribution >= 0.6 is 11.6 Å². The van der Waals surface area contributed by atoms with Crippen LogP contribution in [0.1, 0.15) is 12.8 Å². The lowest BCUT2D eigenvalue weighted by Gasteiger charge is -2.17. The third-order valence-electron chi connectivity index (χ3n) is 4.94. The number of ether oxygens (including phenoxy) is 3. The summed E-state index contributed by atoms with van der Waals surface area (Å²) < 4.78 is 56.6. The summed E-state index contributed by atoms with van der Waals surface area (Å²) in [6.45, 7) is 1.58. The molecular weight excluding hydrogens is 477 g/mol. The van der Waals surface area contributed by atoms with Crippen molar-refractivity contribution in [1.82, 2.24) is 0 Å². The smallest absolute Gasteiger partial charge is 0.213 e. The Kier molecular flexibility index (Phi) is 8.55. The Morgan fingerprint density at radius 3 is 2.39 bits per heavy atom. The fourth-order valence-corrected chi connectivity index (χ4v) is 3.64. The van der Waals surface area contributed by atoms with Gasteiger partial charge in [0.1, 0.15) is 17.4 Å². The molecule has 4 rings (SSSR count). The zero-order chi connectivity index (χ0) is 24.0. The minimum absolute atomic E-state index is 0.232. The van der Waals surface area contributed by atoms with E-state index in [1.165, 1.54) is 0 Å². The number of halogens is 2. The SMILES string of the molecule is COc1ccc(-c2cc(=[NH+]CC3CCCO3)c3cc(Cl)ccc3o2)cc1OC.[O-][Cl+3]([O-])([O-])[O-]. The average Bonchev–Trinajstić information content (AvgIpc) is 3.29. The minimum atomic E-state index is -4.94. The third kappa shape index (κ3) is 7.31. The van der Waals surface area contributed by atoms with Gasteiger partial charge in [0.25, 0.3) is 0 Å². The maximum absolute atomic E-state index is 8.49. The van der Waals surface area contributed by atoms with E-state index in [-0.39, 0.29) is 6.10 Å². The number of hydrogen-bond acceptors (Lipinski definition) is 8. The first kappa shape index (κ1) is 25.3. The van der Waals surface area contributed by atoms with Crippen LogP contribution in [0, 0.1) is 10.2 Å². The zero-order valence-electron chi connectivity index (χ0n) is 18.0. The summed E-state index contributed by atoms with van der Waals surface area (Å²) in [4.78, 5) is 3.52. The van der Waals surface area contributed by atoms with Gasteiger partial charge in [-0.25, -0.2) is 23.6 Å². The number of nitrogens with one attached hydrogen (secondary N) is 1. The van der Waals surface area contributed by atoms with Crippen LogP contribution < -0.4 is 38.5 Å². The predicted molar refractivity (Wildman–Crippen MR) is 108 cm³/mol. The molecule has 178 valence electrons. The summed E-state index contributed by atoms with van der Waals surface area (Å²) in [5.41, 5.74) is 1.65. The van der Waals surface area contributed by atoms with Gasteiger partial charge in [0, 0.05) is 17.2 Å². The Morgan fingerprint density at radius 1 is 1.03 bits per heavy atom. The normalized spacial score (nSPS) is 16.5. The quantitative estimate of drug-likeness (QED) is 0.431. The molecule has 0 aliphatic carbocycles. The maximum atomic E-state index is 8.49. The molecule has 0 radical (unpaired) electrons. The van der Waals surface area contributed by atoms with E-state index in [0.717, 1.165) is 53.6 Å². The van der Waals surface area contributed by atoms with Crippen LogP contribution in [0.25, 0.3) is 22.3 Å². The summed E-state index contributed by atoms with van der Waals surface area (Å²) in [7, 11) is -1.70. The molecule has 1 atom stereocenters. The Balaban J connectivity index is 0.000000555. The van der Waals surface area contributed by atoms with Crippen molar-refractivity contribution in [3.63, 3.8) is 0 Å². The van der Waals surface area contributed by atoms with E-state index >= 15 is 0 Å². The van der Waals surface area contributed by atoms with Gasteiger partial charge in [0.15, 0.2) is 18.0 Å². The van der Waals surface area contributed by atoms with Crippen LogP contribution in [0.2, 0.25) is 5.02 Å². The fraction of sp³-hybridized carbons (Fsp3) is 0.318. The van der Waals surface area contributed by atoms with E-state index in [4.69, 9.17) is 48.9 Å².